The summed E-state index contributed by atoms with van der Waals surface area (Å²) in [7, 11) is 1.93. The van der Waals surface area contributed by atoms with Crippen molar-refractivity contribution in [2.75, 3.05) is 7.11 Å². The molecule has 0 bridgehead atoms. The molecule has 9 fully saturated rings. The van der Waals surface area contributed by atoms with Crippen molar-refractivity contribution in [1.82, 2.24) is 4.90 Å². The monoisotopic (exact) mass is 974 g/mol. The summed E-state index contributed by atoms with van der Waals surface area (Å²) in [5, 5.41) is 0. The zero-order valence-electron chi connectivity index (χ0n) is 46.0. The summed E-state index contributed by atoms with van der Waals surface area (Å²) in [4.78, 5) is 28.3. The summed E-state index contributed by atoms with van der Waals surface area (Å²) >= 11 is 0. The van der Waals surface area contributed by atoms with Crippen LogP contribution in [0.1, 0.15) is 272 Å². The molecular weight excluding hydrogens is 867 g/mol. The van der Waals surface area contributed by atoms with Crippen LogP contribution in [0.5, 0.6) is 0 Å². The molecule has 0 saturated heterocycles. The van der Waals surface area contributed by atoms with Crippen LogP contribution in [0.3, 0.4) is 0 Å². The predicted molar refractivity (Wildman–Crippen MR) is 283 cm³/mol. The molecule has 0 heterocycles. The van der Waals surface area contributed by atoms with E-state index in [1.165, 1.54) is 187 Å². The fraction of sp³-hybridized carbons (Fsp3) is 0.968. The van der Waals surface area contributed by atoms with E-state index in [-0.39, 0.29) is 29.7 Å². The Balaban J connectivity index is 0.783. The summed E-state index contributed by atoms with van der Waals surface area (Å²) in [5.74, 6) is 7.48. The van der Waals surface area contributed by atoms with Crippen molar-refractivity contribution in [3.8, 4) is 0 Å². The van der Waals surface area contributed by atoms with Gasteiger partial charge >= 0.3 is 12.1 Å². The molecule has 0 aromatic heterocycles. The fourth-order valence-electron chi connectivity index (χ4n) is 19.3. The molecule has 0 aliphatic heterocycles. The number of carbonyl (C=O) groups is 2. The Morgan fingerprint density at radius 2 is 0.657 bits per heavy atom. The molecule has 0 spiro atoms. The van der Waals surface area contributed by atoms with Crippen LogP contribution in [-0.2, 0) is 23.7 Å². The van der Waals surface area contributed by atoms with Crippen LogP contribution in [-0.4, -0.2) is 66.7 Å². The Labute approximate surface area is 429 Å². The van der Waals surface area contributed by atoms with Crippen molar-refractivity contribution in [2.24, 2.45) is 64.1 Å². The van der Waals surface area contributed by atoms with Gasteiger partial charge in [0.1, 0.15) is 18.3 Å². The Hall–Kier alpha value is -1.34. The van der Waals surface area contributed by atoms with Crippen molar-refractivity contribution in [3.63, 3.8) is 0 Å². The number of hydrogen-bond acceptors (Lipinski definition) is 7. The van der Waals surface area contributed by atoms with Crippen molar-refractivity contribution >= 4 is 12.1 Å². The molecule has 0 aromatic carbocycles. The zero-order chi connectivity index (χ0) is 48.7. The van der Waals surface area contributed by atoms with Gasteiger partial charge in [-0.25, -0.2) is 4.79 Å². The number of hydrogen-bond donors (Lipinski definition) is 0. The van der Waals surface area contributed by atoms with E-state index in [1.54, 1.807) is 0 Å². The molecule has 70 heavy (non-hydrogen) atoms. The lowest BCUT2D eigenvalue weighted by Gasteiger charge is -2.56. The molecule has 0 amide bonds. The Morgan fingerprint density at radius 1 is 0.357 bits per heavy atom. The highest BCUT2D eigenvalue weighted by Gasteiger charge is 2.51. The highest BCUT2D eigenvalue weighted by atomic mass is 16.7. The topological polar surface area (TPSA) is 74.3 Å². The van der Waals surface area contributed by atoms with E-state index >= 15 is 0 Å². The van der Waals surface area contributed by atoms with Crippen LogP contribution in [0.2, 0.25) is 0 Å². The third-order valence-corrected chi connectivity index (χ3v) is 23.7. The molecule has 0 radical (unpaired) electrons. The fourth-order valence-corrected chi connectivity index (χ4v) is 19.3. The van der Waals surface area contributed by atoms with E-state index in [2.05, 4.69) is 25.7 Å². The van der Waals surface area contributed by atoms with E-state index in [9.17, 15) is 9.59 Å². The normalized spacial score (nSPS) is 39.9. The van der Waals surface area contributed by atoms with E-state index in [1.807, 2.05) is 7.11 Å². The molecule has 9 saturated carbocycles. The molecule has 0 N–H and O–H groups in total. The highest BCUT2D eigenvalue weighted by Crippen LogP contribution is 2.58. The smallest absolute Gasteiger partial charge is 0.463 e. The maximum atomic E-state index is 13.4. The van der Waals surface area contributed by atoms with Crippen LogP contribution in [0.25, 0.3) is 0 Å². The molecule has 9 rings (SSSR count). The highest BCUT2D eigenvalue weighted by molar-refractivity contribution is 5.66. The minimum absolute atomic E-state index is 0.0136. The predicted octanol–water partition coefficient (Wildman–Crippen LogP) is 16.8. The first-order valence-corrected chi connectivity index (χ1v) is 31.3. The number of carbonyl (C=O) groups excluding carboxylic acids is 2. The summed E-state index contributed by atoms with van der Waals surface area (Å²) < 4.78 is 23.8. The molecule has 9 aliphatic carbocycles. The van der Waals surface area contributed by atoms with Crippen molar-refractivity contribution in [1.29, 1.82) is 0 Å². The van der Waals surface area contributed by atoms with Crippen LogP contribution in [0.15, 0.2) is 0 Å². The van der Waals surface area contributed by atoms with Gasteiger partial charge < -0.3 is 18.9 Å². The van der Waals surface area contributed by atoms with Gasteiger partial charge in [-0.15, -0.1) is 0 Å². The molecule has 400 valence electrons. The molecular formula is C63H107NO6. The quantitative estimate of drug-likeness (QED) is 0.161. The summed E-state index contributed by atoms with van der Waals surface area (Å²) in [5.41, 5.74) is 0.576. The summed E-state index contributed by atoms with van der Waals surface area (Å²) in [6.07, 6.45) is 50.4. The molecule has 9 aliphatic rings. The van der Waals surface area contributed by atoms with Gasteiger partial charge in [0.2, 0.25) is 0 Å². The second-order valence-electron chi connectivity index (χ2n) is 27.3. The summed E-state index contributed by atoms with van der Waals surface area (Å²) in [6.45, 7) is 9.23. The van der Waals surface area contributed by atoms with Crippen LogP contribution in [0.4, 0.5) is 4.79 Å². The Morgan fingerprint density at radius 3 is 1.01 bits per heavy atom. The largest absolute Gasteiger partial charge is 0.508 e. The van der Waals surface area contributed by atoms with Gasteiger partial charge in [0.15, 0.2) is 0 Å². The average molecular weight is 975 g/mol. The summed E-state index contributed by atoms with van der Waals surface area (Å²) in [6, 6.07) is 2.44. The Kier molecular flexibility index (Phi) is 19.1. The van der Waals surface area contributed by atoms with E-state index in [4.69, 9.17) is 18.9 Å². The van der Waals surface area contributed by atoms with E-state index in [0.29, 0.717) is 29.3 Å². The molecule has 7 nitrogen and oxygen atoms in total. The molecule has 0 aromatic rings. The van der Waals surface area contributed by atoms with E-state index < -0.39 is 6.16 Å². The van der Waals surface area contributed by atoms with Gasteiger partial charge in [0, 0.05) is 32.2 Å². The molecule has 1 unspecified atom stereocenters. The molecule has 7 heteroatoms. The van der Waals surface area contributed by atoms with Gasteiger partial charge in [-0.1, -0.05) is 85.0 Å². The van der Waals surface area contributed by atoms with Crippen molar-refractivity contribution in [2.45, 2.75) is 314 Å². The zero-order valence-corrected chi connectivity index (χ0v) is 46.0. The second kappa shape index (κ2) is 25.0. The lowest BCUT2D eigenvalue weighted by molar-refractivity contribution is -0.148. The van der Waals surface area contributed by atoms with Gasteiger partial charge in [-0.3, -0.25) is 9.69 Å². The lowest BCUT2D eigenvalue weighted by atomic mass is 9.52. The first kappa shape index (κ1) is 53.5. The van der Waals surface area contributed by atoms with Crippen LogP contribution in [0, 0.1) is 64.1 Å². The van der Waals surface area contributed by atoms with Crippen LogP contribution < -0.4 is 0 Å². The van der Waals surface area contributed by atoms with Crippen molar-refractivity contribution < 1.29 is 28.5 Å². The third-order valence-electron chi connectivity index (χ3n) is 23.7. The number of esters is 1. The van der Waals surface area contributed by atoms with Crippen LogP contribution >= 0.6 is 0 Å². The third kappa shape index (κ3) is 13.0. The van der Waals surface area contributed by atoms with Crippen molar-refractivity contribution in [3.05, 3.63) is 0 Å². The van der Waals surface area contributed by atoms with E-state index in [0.717, 1.165) is 118 Å². The molecule has 1 atom stereocenters. The van der Waals surface area contributed by atoms with Gasteiger partial charge in [-0.05, 0) is 244 Å². The number of ether oxygens (including phenoxy) is 4. The number of methoxy groups -OCH3 is 1. The maximum absolute atomic E-state index is 13.4. The van der Waals surface area contributed by atoms with Gasteiger partial charge in [0.25, 0.3) is 0 Å². The first-order valence-electron chi connectivity index (χ1n) is 31.3. The Bertz CT molecular complexity index is 1530. The minimum atomic E-state index is -0.413. The second-order valence-corrected chi connectivity index (χ2v) is 27.3. The SMILES string of the molecule is COC1CCC(C(C)(C2CCC(OC(=O)OC3CCC(C(C)(C)C4CCC(OC(C)=O)CC4)CC3)CC2)C2CCC(N(C3CCC(C4CCCCC4)CC3)C3CCC(C4CCCCC4)CC3)CC2)CC1. The van der Waals surface area contributed by atoms with Gasteiger partial charge in [-0.2, -0.15) is 0 Å². The van der Waals surface area contributed by atoms with Gasteiger partial charge in [0.05, 0.1) is 6.10 Å². The average Bonchev–Trinajstić information content (AvgIpc) is 3.40. The minimum Gasteiger partial charge on any atom is -0.463 e. The first-order chi connectivity index (χ1) is 34.0. The maximum Gasteiger partial charge on any atom is 0.508 e. The standard InChI is InChI=1S/C63H107NO6/c1-44(65)68-58-38-22-49(23-39-58)62(2,3)50-24-40-59(41-25-50)69-61(66)70-60-42-28-53(29-43-60)63(4,52-26-36-57(67-5)37-27-52)51-20-34-56(35-21-51)64(54-30-16-47(17-31-54)45-12-8-6-9-13-45)55-32-18-48(19-33-55)46-14-10-7-11-15-46/h45-60H,6-43H2,1-5H3. The lowest BCUT2D eigenvalue weighted by Crippen LogP contribution is -2.54. The number of rotatable bonds is 14. The number of nitrogens with zero attached hydrogens (tertiary/aromatic N) is 1.